The lowest BCUT2D eigenvalue weighted by Gasteiger charge is -2.25. The topological polar surface area (TPSA) is 107 Å². The minimum atomic E-state index is -0.676. The van der Waals surface area contributed by atoms with Crippen LogP contribution in [0, 0.1) is 11.8 Å². The maximum atomic E-state index is 12.9. The van der Waals surface area contributed by atoms with Crippen LogP contribution in [0.1, 0.15) is 97.2 Å². The molecule has 1 aliphatic heterocycles. The second kappa shape index (κ2) is 18.5. The van der Waals surface area contributed by atoms with E-state index in [9.17, 15) is 14.4 Å². The van der Waals surface area contributed by atoms with Gasteiger partial charge in [-0.05, 0) is 93.6 Å². The lowest BCUT2D eigenvalue weighted by atomic mass is 9.97. The van der Waals surface area contributed by atoms with Gasteiger partial charge in [0.2, 0.25) is 0 Å². The molecule has 0 saturated heterocycles. The van der Waals surface area contributed by atoms with Crippen molar-refractivity contribution in [2.24, 2.45) is 0 Å². The Balaban J connectivity index is 2.34. The predicted octanol–water partition coefficient (Wildman–Crippen LogP) is 6.50. The van der Waals surface area contributed by atoms with Gasteiger partial charge in [0.25, 0.3) is 0 Å². The fourth-order valence-electron chi connectivity index (χ4n) is 4.72. The largest absolute Gasteiger partial charge is 0.462 e. The van der Waals surface area contributed by atoms with Crippen molar-refractivity contribution in [2.75, 3.05) is 20.6 Å². The zero-order valence-corrected chi connectivity index (χ0v) is 29.2. The van der Waals surface area contributed by atoms with Crippen LogP contribution in [0.3, 0.4) is 0 Å². The first-order chi connectivity index (χ1) is 21.1. The van der Waals surface area contributed by atoms with Crippen molar-refractivity contribution in [3.63, 3.8) is 0 Å². The fraction of sp³-hybridized carbons (Fsp3) is 0.600. The van der Waals surface area contributed by atoms with Gasteiger partial charge in [0.1, 0.15) is 17.8 Å². The molecule has 0 fully saturated rings. The zero-order chi connectivity index (χ0) is 33.6. The SMILES string of the molecule is CC(/C=C/CCCN(C)C)=C\[C@@H]1Cc2nc(cs2)[C@@H](C)C[C@@H](NC(=O)OC(C)(C)C)CC(=O)O[C@@H](C)C/C(C)=C/C#CC(=O)O1. The highest BCUT2D eigenvalue weighted by molar-refractivity contribution is 7.09. The Bertz CT molecular complexity index is 1290. The van der Waals surface area contributed by atoms with E-state index in [0.717, 1.165) is 41.2 Å². The summed E-state index contributed by atoms with van der Waals surface area (Å²) in [5, 5.41) is 5.64. The molecular formula is C35H51N3O6S. The number of alkyl carbamates (subject to hydrolysis) is 1. The molecule has 2 bridgehead atoms. The average molecular weight is 642 g/mol. The number of fused-ring (bicyclic) bond motifs is 2. The van der Waals surface area contributed by atoms with Gasteiger partial charge in [-0.25, -0.2) is 14.6 Å². The summed E-state index contributed by atoms with van der Waals surface area (Å²) < 4.78 is 16.9. The number of ether oxygens (including phenoxy) is 3. The second-order valence-electron chi connectivity index (χ2n) is 13.0. The van der Waals surface area contributed by atoms with Crippen LogP contribution < -0.4 is 5.32 Å². The smallest absolute Gasteiger partial charge is 0.407 e. The van der Waals surface area contributed by atoms with Crippen molar-refractivity contribution < 1.29 is 28.6 Å². The summed E-state index contributed by atoms with van der Waals surface area (Å²) in [4.78, 5) is 45.2. The minimum absolute atomic E-state index is 0.00929. The molecule has 2 rings (SSSR count). The van der Waals surface area contributed by atoms with Gasteiger partial charge < -0.3 is 24.4 Å². The van der Waals surface area contributed by atoms with E-state index in [1.165, 1.54) is 11.3 Å². The molecule has 1 amide bonds. The summed E-state index contributed by atoms with van der Waals surface area (Å²) in [5.41, 5.74) is 1.99. The highest BCUT2D eigenvalue weighted by Crippen LogP contribution is 2.26. The summed E-state index contributed by atoms with van der Waals surface area (Å²) in [6.45, 7) is 14.0. The van der Waals surface area contributed by atoms with E-state index >= 15 is 0 Å². The number of nitrogens with one attached hydrogen (secondary N) is 1. The Labute approximate surface area is 273 Å². The monoisotopic (exact) mass is 641 g/mol. The highest BCUT2D eigenvalue weighted by Gasteiger charge is 2.26. The maximum absolute atomic E-state index is 12.9. The third-order valence-corrected chi connectivity index (χ3v) is 7.61. The van der Waals surface area contributed by atoms with Gasteiger partial charge in [0, 0.05) is 36.1 Å². The molecule has 248 valence electrons. The first-order valence-corrected chi connectivity index (χ1v) is 16.5. The molecule has 0 aromatic carbocycles. The van der Waals surface area contributed by atoms with Crippen molar-refractivity contribution >= 4 is 29.4 Å². The van der Waals surface area contributed by atoms with Gasteiger partial charge in [-0.1, -0.05) is 36.1 Å². The number of unbranched alkanes of at least 4 members (excludes halogenated alkanes) is 1. The lowest BCUT2D eigenvalue weighted by Crippen LogP contribution is -2.41. The Hall–Kier alpha value is -3.42. The summed E-state index contributed by atoms with van der Waals surface area (Å²) in [7, 11) is 4.12. The molecule has 1 aliphatic rings. The first kappa shape index (κ1) is 37.8. The normalized spacial score (nSPS) is 23.9. The van der Waals surface area contributed by atoms with Crippen molar-refractivity contribution in [1.29, 1.82) is 0 Å². The maximum Gasteiger partial charge on any atom is 0.407 e. The number of hydrogen-bond donors (Lipinski definition) is 1. The van der Waals surface area contributed by atoms with Gasteiger partial charge in [-0.3, -0.25) is 4.79 Å². The molecule has 0 unspecified atom stereocenters. The molecule has 4 atom stereocenters. The quantitative estimate of drug-likeness (QED) is 0.0898. The van der Waals surface area contributed by atoms with Crippen LogP contribution in [0.5, 0.6) is 0 Å². The predicted molar refractivity (Wildman–Crippen MR) is 179 cm³/mol. The molecule has 0 radical (unpaired) electrons. The van der Waals surface area contributed by atoms with Crippen molar-refractivity contribution in [3.8, 4) is 11.8 Å². The molecule has 45 heavy (non-hydrogen) atoms. The van der Waals surface area contributed by atoms with Crippen molar-refractivity contribution in [1.82, 2.24) is 15.2 Å². The molecule has 1 N–H and O–H groups in total. The van der Waals surface area contributed by atoms with Gasteiger partial charge in [0.05, 0.1) is 17.1 Å². The molecule has 9 nitrogen and oxygen atoms in total. The van der Waals surface area contributed by atoms with Gasteiger partial charge in [-0.15, -0.1) is 11.3 Å². The molecule has 1 aromatic heterocycles. The summed E-state index contributed by atoms with van der Waals surface area (Å²) >= 11 is 1.48. The number of hydrogen-bond acceptors (Lipinski definition) is 9. The number of nitrogens with zero attached hydrogens (tertiary/aromatic N) is 2. The number of carbonyl (C=O) groups excluding carboxylic acids is 3. The van der Waals surface area contributed by atoms with Crippen LogP contribution in [0.4, 0.5) is 4.79 Å². The summed E-state index contributed by atoms with van der Waals surface area (Å²) in [6, 6.07) is -0.520. The Morgan fingerprint density at radius 2 is 1.93 bits per heavy atom. The molecule has 2 heterocycles. The van der Waals surface area contributed by atoms with E-state index in [1.54, 1.807) is 33.8 Å². The molecule has 10 heteroatoms. The highest BCUT2D eigenvalue weighted by atomic mass is 32.1. The van der Waals surface area contributed by atoms with E-state index < -0.39 is 41.9 Å². The summed E-state index contributed by atoms with van der Waals surface area (Å²) in [6.07, 6.45) is 9.50. The number of rotatable bonds is 7. The number of carbonyl (C=O) groups is 3. The Morgan fingerprint density at radius 3 is 2.62 bits per heavy atom. The number of amides is 1. The molecular weight excluding hydrogens is 590 g/mol. The van der Waals surface area contributed by atoms with E-state index in [4.69, 9.17) is 19.2 Å². The van der Waals surface area contributed by atoms with Crippen molar-refractivity contribution in [3.05, 3.63) is 51.5 Å². The van der Waals surface area contributed by atoms with Crippen LogP contribution in [0.2, 0.25) is 0 Å². The molecule has 0 spiro atoms. The first-order valence-electron chi connectivity index (χ1n) is 15.6. The standard InChI is InChI=1S/C35H51N3O6S/c1-24-15-13-16-32(39)43-29(19-25(2)14-11-10-12-17-38(8)9)22-31-37-30(23-45-31)26(3)20-28(21-33(40)42-27(4)18-24)36-34(41)44-35(5,6)7/h11,14-15,19,23,26-29H,10,12,17-18,20-22H2,1-9H3,(H,36,41)/b14-11+,24-15+,25-19+/t26-,27-,28+,29+/m0/s1. The van der Waals surface area contributed by atoms with Gasteiger partial charge >= 0.3 is 18.0 Å². The number of aromatic nitrogens is 1. The third kappa shape index (κ3) is 16.5. The minimum Gasteiger partial charge on any atom is -0.462 e. The van der Waals surface area contributed by atoms with E-state index in [2.05, 4.69) is 42.2 Å². The second-order valence-corrected chi connectivity index (χ2v) is 14.0. The van der Waals surface area contributed by atoms with Crippen LogP contribution in [-0.2, 0) is 30.2 Å². The number of esters is 2. The van der Waals surface area contributed by atoms with Crippen LogP contribution in [-0.4, -0.2) is 72.4 Å². The number of thiazole rings is 1. The van der Waals surface area contributed by atoms with Crippen LogP contribution in [0.25, 0.3) is 0 Å². The molecule has 1 aromatic rings. The average Bonchev–Trinajstić information content (AvgIpc) is 3.34. The van der Waals surface area contributed by atoms with E-state index in [0.29, 0.717) is 19.3 Å². The van der Waals surface area contributed by atoms with Crippen LogP contribution >= 0.6 is 11.3 Å². The fourth-order valence-corrected chi connectivity index (χ4v) is 5.68. The zero-order valence-electron chi connectivity index (χ0n) is 28.4. The number of cyclic esters (lactones) is 2. The number of allylic oxidation sites excluding steroid dienone is 4. The van der Waals surface area contributed by atoms with Gasteiger partial charge in [-0.2, -0.15) is 0 Å². The lowest BCUT2D eigenvalue weighted by molar-refractivity contribution is -0.148. The summed E-state index contributed by atoms with van der Waals surface area (Å²) in [5.74, 6) is 4.20. The molecule has 0 aliphatic carbocycles. The van der Waals surface area contributed by atoms with Crippen molar-refractivity contribution in [2.45, 2.75) is 117 Å². The Morgan fingerprint density at radius 1 is 1.20 bits per heavy atom. The molecule has 0 saturated carbocycles. The Kier molecular flexibility index (Phi) is 15.5. The van der Waals surface area contributed by atoms with E-state index in [-0.39, 0.29) is 12.3 Å². The van der Waals surface area contributed by atoms with Crippen LogP contribution in [0.15, 0.2) is 40.8 Å². The van der Waals surface area contributed by atoms with E-state index in [1.807, 2.05) is 38.3 Å². The van der Waals surface area contributed by atoms with Gasteiger partial charge in [0.15, 0.2) is 0 Å². The third-order valence-electron chi connectivity index (χ3n) is 6.72.